The van der Waals surface area contributed by atoms with Crippen LogP contribution in [0.2, 0.25) is 0 Å². The van der Waals surface area contributed by atoms with Crippen LogP contribution in [0.25, 0.3) is 0 Å². The van der Waals surface area contributed by atoms with E-state index in [1.165, 1.54) is 16.2 Å². The molecule has 1 aliphatic heterocycles. The summed E-state index contributed by atoms with van der Waals surface area (Å²) in [6, 6.07) is 3.57. The lowest BCUT2D eigenvalue weighted by atomic mass is 10.1. The van der Waals surface area contributed by atoms with Gasteiger partial charge in [-0.1, -0.05) is 0 Å². The summed E-state index contributed by atoms with van der Waals surface area (Å²) in [5, 5.41) is 21.2. The summed E-state index contributed by atoms with van der Waals surface area (Å²) in [5.74, 6) is -0.0235. The molecule has 0 aliphatic carbocycles. The fourth-order valence-corrected chi connectivity index (χ4v) is 2.49. The lowest BCUT2D eigenvalue weighted by Gasteiger charge is -2.30. The summed E-state index contributed by atoms with van der Waals surface area (Å²) in [5.41, 5.74) is 0.577. The molecular weight excluding hydrogens is 224 g/mol. The molecule has 5 nitrogen and oxygen atoms in total. The van der Waals surface area contributed by atoms with Crippen LogP contribution in [0.3, 0.4) is 0 Å². The lowest BCUT2D eigenvalue weighted by molar-refractivity contribution is -0.128. The highest BCUT2D eigenvalue weighted by atomic mass is 32.1. The molecule has 2 N–H and O–H groups in total. The molecule has 0 aromatic carbocycles. The monoisotopic (exact) mass is 234 g/mol. The molecule has 1 aromatic rings. The Balaban J connectivity index is 2.28. The van der Waals surface area contributed by atoms with Gasteiger partial charge >= 0.3 is 0 Å². The number of hydrogen-bond acceptors (Lipinski definition) is 4. The zero-order valence-corrected chi connectivity index (χ0v) is 9.47. The lowest BCUT2D eigenvalue weighted by Crippen LogP contribution is -2.49. The number of hydrogen-bond donors (Lipinski definition) is 2. The van der Waals surface area contributed by atoms with Crippen molar-refractivity contribution >= 4 is 23.2 Å². The average Bonchev–Trinajstić information content (AvgIpc) is 2.73. The molecule has 1 aliphatic rings. The second-order valence-electron chi connectivity index (χ2n) is 3.51. The first kappa shape index (κ1) is 10.6. The maximum atomic E-state index is 11.6. The van der Waals surface area contributed by atoms with Gasteiger partial charge in [0.25, 0.3) is 0 Å². The highest BCUT2D eigenvalue weighted by Crippen LogP contribution is 2.28. The number of guanidine groups is 1. The van der Waals surface area contributed by atoms with Crippen molar-refractivity contribution in [1.29, 1.82) is 10.7 Å². The van der Waals surface area contributed by atoms with Gasteiger partial charge < -0.3 is 5.32 Å². The summed E-state index contributed by atoms with van der Waals surface area (Å²) < 4.78 is 0. The van der Waals surface area contributed by atoms with Crippen molar-refractivity contribution < 1.29 is 4.79 Å². The molecule has 0 radical (unpaired) electrons. The van der Waals surface area contributed by atoms with Gasteiger partial charge in [0.15, 0.2) is 5.96 Å². The normalized spacial score (nSPS) is 20.5. The van der Waals surface area contributed by atoms with E-state index >= 15 is 0 Å². The summed E-state index contributed by atoms with van der Waals surface area (Å²) in [6.45, 7) is 0. The Morgan fingerprint density at radius 2 is 2.50 bits per heavy atom. The molecule has 0 bridgehead atoms. The molecule has 1 amide bonds. The number of rotatable bonds is 1. The van der Waals surface area contributed by atoms with E-state index in [1.54, 1.807) is 13.1 Å². The second-order valence-corrected chi connectivity index (χ2v) is 4.46. The van der Waals surface area contributed by atoms with Gasteiger partial charge in [0.1, 0.15) is 6.07 Å². The van der Waals surface area contributed by atoms with Gasteiger partial charge in [0.2, 0.25) is 5.91 Å². The van der Waals surface area contributed by atoms with Crippen molar-refractivity contribution in [2.75, 3.05) is 7.05 Å². The Morgan fingerprint density at radius 1 is 1.75 bits per heavy atom. The van der Waals surface area contributed by atoms with Crippen LogP contribution in [0.1, 0.15) is 22.9 Å². The third kappa shape index (κ3) is 1.66. The number of thiophene rings is 1. The Kier molecular flexibility index (Phi) is 2.62. The van der Waals surface area contributed by atoms with Gasteiger partial charge in [-0.25, -0.2) is 0 Å². The molecular formula is C10H10N4OS. The number of nitriles is 1. The highest BCUT2D eigenvalue weighted by Gasteiger charge is 2.29. The Hall–Kier alpha value is -1.87. The van der Waals surface area contributed by atoms with Crippen LogP contribution in [0.5, 0.6) is 0 Å². The quantitative estimate of drug-likeness (QED) is 0.762. The predicted octanol–water partition coefficient (Wildman–Crippen LogP) is 1.05. The van der Waals surface area contributed by atoms with Crippen LogP contribution >= 0.6 is 11.3 Å². The number of carbonyl (C=O) groups is 1. The predicted molar refractivity (Wildman–Crippen MR) is 60.0 cm³/mol. The van der Waals surface area contributed by atoms with E-state index in [-0.39, 0.29) is 24.3 Å². The van der Waals surface area contributed by atoms with E-state index in [0.29, 0.717) is 5.56 Å². The summed E-state index contributed by atoms with van der Waals surface area (Å²) in [4.78, 5) is 13.7. The maximum Gasteiger partial charge on any atom is 0.231 e. The van der Waals surface area contributed by atoms with Crippen LogP contribution in [-0.2, 0) is 4.79 Å². The molecule has 16 heavy (non-hydrogen) atoms. The number of carbonyl (C=O) groups excluding carboxylic acids is 1. The molecule has 2 rings (SSSR count). The first-order chi connectivity index (χ1) is 7.63. The van der Waals surface area contributed by atoms with Crippen LogP contribution in [0, 0.1) is 16.7 Å². The summed E-state index contributed by atoms with van der Waals surface area (Å²) in [7, 11) is 1.56. The van der Waals surface area contributed by atoms with Crippen molar-refractivity contribution in [2.45, 2.75) is 12.5 Å². The minimum Gasteiger partial charge on any atom is -0.348 e. The first-order valence-electron chi connectivity index (χ1n) is 4.72. The van der Waals surface area contributed by atoms with E-state index in [1.807, 2.05) is 5.38 Å². The SMILES string of the molecule is CN1C(=N)N[C@@H](c2sccc2C#N)CC1=O. The zero-order chi connectivity index (χ0) is 11.7. The van der Waals surface area contributed by atoms with E-state index in [4.69, 9.17) is 10.7 Å². The van der Waals surface area contributed by atoms with Crippen LogP contribution in [0.4, 0.5) is 0 Å². The Morgan fingerprint density at radius 3 is 3.12 bits per heavy atom. The van der Waals surface area contributed by atoms with E-state index in [0.717, 1.165) is 4.88 Å². The van der Waals surface area contributed by atoms with E-state index in [2.05, 4.69) is 11.4 Å². The van der Waals surface area contributed by atoms with Crippen molar-refractivity contribution in [2.24, 2.45) is 0 Å². The minimum absolute atomic E-state index is 0.0820. The van der Waals surface area contributed by atoms with Crippen LogP contribution in [0.15, 0.2) is 11.4 Å². The average molecular weight is 234 g/mol. The molecule has 6 heteroatoms. The number of nitrogens with one attached hydrogen (secondary N) is 2. The van der Waals surface area contributed by atoms with Gasteiger partial charge in [-0.05, 0) is 11.4 Å². The van der Waals surface area contributed by atoms with Crippen molar-refractivity contribution in [3.8, 4) is 6.07 Å². The van der Waals surface area contributed by atoms with Crippen molar-refractivity contribution in [1.82, 2.24) is 10.2 Å². The largest absolute Gasteiger partial charge is 0.348 e. The molecule has 2 heterocycles. The molecule has 1 saturated heterocycles. The smallest absolute Gasteiger partial charge is 0.231 e. The minimum atomic E-state index is -0.245. The Labute approximate surface area is 96.8 Å². The number of amides is 1. The molecule has 1 atom stereocenters. The van der Waals surface area contributed by atoms with E-state index < -0.39 is 0 Å². The molecule has 1 aromatic heterocycles. The number of nitrogens with zero attached hydrogens (tertiary/aromatic N) is 2. The first-order valence-corrected chi connectivity index (χ1v) is 5.60. The van der Waals surface area contributed by atoms with Gasteiger partial charge in [-0.2, -0.15) is 5.26 Å². The fourth-order valence-electron chi connectivity index (χ4n) is 1.59. The van der Waals surface area contributed by atoms with Crippen molar-refractivity contribution in [3.63, 3.8) is 0 Å². The molecule has 0 unspecified atom stereocenters. The topological polar surface area (TPSA) is 80.0 Å². The third-order valence-electron chi connectivity index (χ3n) is 2.53. The second kappa shape index (κ2) is 3.94. The van der Waals surface area contributed by atoms with Gasteiger partial charge in [0, 0.05) is 11.9 Å². The van der Waals surface area contributed by atoms with Gasteiger partial charge in [-0.3, -0.25) is 15.1 Å². The fraction of sp³-hybridized carbons (Fsp3) is 0.300. The standard InChI is InChI=1S/C10H10N4OS/c1-14-8(15)4-7(13-10(14)12)9-6(5-11)2-3-16-9/h2-3,7H,4H2,1H3,(H2,12,13)/t7-/m1/s1. The molecule has 0 spiro atoms. The van der Waals surface area contributed by atoms with Crippen molar-refractivity contribution in [3.05, 3.63) is 21.9 Å². The van der Waals surface area contributed by atoms with Gasteiger partial charge in [-0.15, -0.1) is 11.3 Å². The van der Waals surface area contributed by atoms with Gasteiger partial charge in [0.05, 0.1) is 18.0 Å². The summed E-state index contributed by atoms with van der Waals surface area (Å²) in [6.07, 6.45) is 0.286. The van der Waals surface area contributed by atoms with E-state index in [9.17, 15) is 4.79 Å². The Bertz CT molecular complexity index is 469. The highest BCUT2D eigenvalue weighted by molar-refractivity contribution is 7.10. The van der Waals surface area contributed by atoms with Crippen LogP contribution in [-0.4, -0.2) is 23.8 Å². The zero-order valence-electron chi connectivity index (χ0n) is 8.65. The maximum absolute atomic E-state index is 11.6. The molecule has 0 saturated carbocycles. The van der Waals surface area contributed by atoms with Crippen LogP contribution < -0.4 is 5.32 Å². The molecule has 1 fully saturated rings. The third-order valence-corrected chi connectivity index (χ3v) is 3.56. The summed E-state index contributed by atoms with van der Waals surface area (Å²) >= 11 is 1.43. The molecule has 82 valence electrons.